The van der Waals surface area contributed by atoms with Gasteiger partial charge in [0.25, 0.3) is 15.9 Å². The molecule has 0 spiro atoms. The van der Waals surface area contributed by atoms with Crippen molar-refractivity contribution in [2.45, 2.75) is 31.2 Å². The standard InChI is InChI=1S/C24H25ClN2O3S/c1-17(2)15-23(18-9-5-3-6-10-18)26-24(28)19-13-14-22(21(25)16-19)27-31(29,30)20-11-7-4-8-12-20/h3-14,16-17,23,27H,15H2,1-2H3,(H,26,28)/t23-/m1/s1. The molecule has 0 unspecified atom stereocenters. The molecule has 0 aliphatic carbocycles. The van der Waals surface area contributed by atoms with Crippen molar-refractivity contribution < 1.29 is 13.2 Å². The SMILES string of the molecule is CC(C)C[C@@H](NC(=O)c1ccc(NS(=O)(=O)c2ccccc2)c(Cl)c1)c1ccccc1. The van der Waals surface area contributed by atoms with Gasteiger partial charge >= 0.3 is 0 Å². The minimum atomic E-state index is -3.77. The average Bonchev–Trinajstić information content (AvgIpc) is 2.75. The van der Waals surface area contributed by atoms with E-state index in [1.807, 2.05) is 30.3 Å². The molecule has 0 saturated heterocycles. The highest BCUT2D eigenvalue weighted by atomic mass is 35.5. The molecule has 3 aromatic rings. The summed E-state index contributed by atoms with van der Waals surface area (Å²) in [6.07, 6.45) is 0.790. The molecule has 0 aliphatic heterocycles. The lowest BCUT2D eigenvalue weighted by Crippen LogP contribution is -2.29. The Balaban J connectivity index is 1.77. The molecule has 2 N–H and O–H groups in total. The van der Waals surface area contributed by atoms with Crippen LogP contribution in [0.1, 0.15) is 42.2 Å². The molecule has 3 rings (SSSR count). The van der Waals surface area contributed by atoms with Crippen LogP contribution in [0.3, 0.4) is 0 Å². The number of amides is 1. The summed E-state index contributed by atoms with van der Waals surface area (Å²) < 4.78 is 27.5. The van der Waals surface area contributed by atoms with Crippen molar-refractivity contribution in [3.05, 3.63) is 95.0 Å². The van der Waals surface area contributed by atoms with Crippen molar-refractivity contribution in [1.82, 2.24) is 5.32 Å². The number of hydrogen-bond acceptors (Lipinski definition) is 3. The van der Waals surface area contributed by atoms with Gasteiger partial charge in [-0.1, -0.05) is 74.0 Å². The quantitative estimate of drug-likeness (QED) is 0.459. The van der Waals surface area contributed by atoms with Crippen molar-refractivity contribution in [1.29, 1.82) is 0 Å². The lowest BCUT2D eigenvalue weighted by atomic mass is 9.96. The molecule has 1 atom stereocenters. The molecule has 1 amide bonds. The zero-order valence-electron chi connectivity index (χ0n) is 17.4. The minimum Gasteiger partial charge on any atom is -0.345 e. The molecule has 0 saturated carbocycles. The van der Waals surface area contributed by atoms with E-state index in [1.54, 1.807) is 24.3 Å². The Morgan fingerprint density at radius 2 is 1.55 bits per heavy atom. The first-order chi connectivity index (χ1) is 14.8. The number of halogens is 1. The molecule has 0 fully saturated rings. The molecule has 3 aromatic carbocycles. The Morgan fingerprint density at radius 3 is 2.13 bits per heavy atom. The number of anilines is 1. The van der Waals surface area contributed by atoms with E-state index in [4.69, 9.17) is 11.6 Å². The average molecular weight is 457 g/mol. The largest absolute Gasteiger partial charge is 0.345 e. The van der Waals surface area contributed by atoms with Gasteiger partial charge in [-0.15, -0.1) is 0 Å². The number of sulfonamides is 1. The van der Waals surface area contributed by atoms with Crippen molar-refractivity contribution in [2.75, 3.05) is 4.72 Å². The van der Waals surface area contributed by atoms with Crippen LogP contribution in [-0.2, 0) is 10.0 Å². The van der Waals surface area contributed by atoms with E-state index in [-0.39, 0.29) is 27.6 Å². The molecule has 5 nitrogen and oxygen atoms in total. The lowest BCUT2D eigenvalue weighted by molar-refractivity contribution is 0.0932. The van der Waals surface area contributed by atoms with Crippen LogP contribution in [0.25, 0.3) is 0 Å². The van der Waals surface area contributed by atoms with E-state index in [9.17, 15) is 13.2 Å². The molecular weight excluding hydrogens is 432 g/mol. The second-order valence-electron chi connectivity index (χ2n) is 7.68. The molecule has 31 heavy (non-hydrogen) atoms. The first-order valence-corrected chi connectivity index (χ1v) is 11.9. The normalized spacial score (nSPS) is 12.4. The smallest absolute Gasteiger partial charge is 0.261 e. The Hall–Kier alpha value is -2.83. The van der Waals surface area contributed by atoms with Gasteiger partial charge in [0.1, 0.15) is 0 Å². The highest BCUT2D eigenvalue weighted by Crippen LogP contribution is 2.27. The van der Waals surface area contributed by atoms with Crippen molar-refractivity contribution in [2.24, 2.45) is 5.92 Å². The summed E-state index contributed by atoms with van der Waals surface area (Å²) in [5, 5.41) is 3.21. The fraction of sp³-hybridized carbons (Fsp3) is 0.208. The fourth-order valence-corrected chi connectivity index (χ4v) is 4.60. The number of hydrogen-bond donors (Lipinski definition) is 2. The summed E-state index contributed by atoms with van der Waals surface area (Å²) in [6, 6.07) is 22.2. The van der Waals surface area contributed by atoms with E-state index in [1.165, 1.54) is 24.3 Å². The fourth-order valence-electron chi connectivity index (χ4n) is 3.22. The summed E-state index contributed by atoms with van der Waals surface area (Å²) in [6.45, 7) is 4.21. The second kappa shape index (κ2) is 9.98. The number of rotatable bonds is 8. The molecule has 162 valence electrons. The van der Waals surface area contributed by atoms with Gasteiger partial charge in [-0.3, -0.25) is 9.52 Å². The zero-order chi connectivity index (χ0) is 22.4. The summed E-state index contributed by atoms with van der Waals surface area (Å²) in [4.78, 5) is 13.0. The molecule has 0 bridgehead atoms. The number of benzene rings is 3. The lowest BCUT2D eigenvalue weighted by Gasteiger charge is -2.21. The van der Waals surface area contributed by atoms with Crippen LogP contribution in [0.15, 0.2) is 83.8 Å². The van der Waals surface area contributed by atoms with Crippen LogP contribution < -0.4 is 10.0 Å². The molecule has 7 heteroatoms. The number of nitrogens with one attached hydrogen (secondary N) is 2. The third-order valence-corrected chi connectivity index (χ3v) is 6.44. The maximum Gasteiger partial charge on any atom is 0.261 e. The van der Waals surface area contributed by atoms with Crippen LogP contribution in [0, 0.1) is 5.92 Å². The monoisotopic (exact) mass is 456 g/mol. The molecule has 0 radical (unpaired) electrons. The maximum atomic E-state index is 12.9. The third kappa shape index (κ3) is 6.09. The Morgan fingerprint density at radius 1 is 0.935 bits per heavy atom. The molecule has 0 aromatic heterocycles. The van der Waals surface area contributed by atoms with E-state index in [0.29, 0.717) is 11.5 Å². The Labute approximate surface area is 188 Å². The van der Waals surface area contributed by atoms with Gasteiger partial charge in [0.15, 0.2) is 0 Å². The summed E-state index contributed by atoms with van der Waals surface area (Å²) in [5.41, 5.74) is 1.60. The van der Waals surface area contributed by atoms with Crippen LogP contribution in [-0.4, -0.2) is 14.3 Å². The van der Waals surface area contributed by atoms with E-state index < -0.39 is 10.0 Å². The summed E-state index contributed by atoms with van der Waals surface area (Å²) >= 11 is 6.30. The van der Waals surface area contributed by atoms with E-state index in [0.717, 1.165) is 12.0 Å². The first-order valence-electron chi connectivity index (χ1n) is 9.99. The Bertz CT molecular complexity index is 1130. The third-order valence-electron chi connectivity index (χ3n) is 4.74. The molecule has 0 aliphatic rings. The number of carbonyl (C=O) groups excluding carboxylic acids is 1. The first kappa shape index (κ1) is 22.8. The zero-order valence-corrected chi connectivity index (χ0v) is 19.0. The van der Waals surface area contributed by atoms with Crippen molar-refractivity contribution in [3.63, 3.8) is 0 Å². The van der Waals surface area contributed by atoms with Gasteiger partial charge in [-0.05, 0) is 48.2 Å². The predicted octanol–water partition coefficient (Wildman–Crippen LogP) is 5.66. The van der Waals surface area contributed by atoms with Crippen LogP contribution in [0.4, 0.5) is 5.69 Å². The molecule has 0 heterocycles. The van der Waals surface area contributed by atoms with Crippen LogP contribution >= 0.6 is 11.6 Å². The number of carbonyl (C=O) groups is 1. The van der Waals surface area contributed by atoms with Gasteiger partial charge in [-0.2, -0.15) is 0 Å². The highest BCUT2D eigenvalue weighted by Gasteiger charge is 2.19. The van der Waals surface area contributed by atoms with Gasteiger partial charge in [0, 0.05) is 5.56 Å². The van der Waals surface area contributed by atoms with Crippen LogP contribution in [0.2, 0.25) is 5.02 Å². The van der Waals surface area contributed by atoms with Crippen molar-refractivity contribution >= 4 is 33.2 Å². The predicted molar refractivity (Wildman–Crippen MR) is 125 cm³/mol. The second-order valence-corrected chi connectivity index (χ2v) is 9.77. The van der Waals surface area contributed by atoms with Gasteiger partial charge in [-0.25, -0.2) is 8.42 Å². The minimum absolute atomic E-state index is 0.132. The molecular formula is C24H25ClN2O3S. The van der Waals surface area contributed by atoms with Gasteiger partial charge in [0.05, 0.1) is 21.6 Å². The highest BCUT2D eigenvalue weighted by molar-refractivity contribution is 7.92. The maximum absolute atomic E-state index is 12.9. The van der Waals surface area contributed by atoms with Crippen LogP contribution in [0.5, 0.6) is 0 Å². The van der Waals surface area contributed by atoms with Gasteiger partial charge in [0.2, 0.25) is 0 Å². The van der Waals surface area contributed by atoms with Crippen molar-refractivity contribution in [3.8, 4) is 0 Å². The van der Waals surface area contributed by atoms with E-state index >= 15 is 0 Å². The van der Waals surface area contributed by atoms with Gasteiger partial charge < -0.3 is 5.32 Å². The summed E-state index contributed by atoms with van der Waals surface area (Å²) in [7, 11) is -3.77. The topological polar surface area (TPSA) is 75.3 Å². The summed E-state index contributed by atoms with van der Waals surface area (Å²) in [5.74, 6) is 0.123. The van der Waals surface area contributed by atoms with E-state index in [2.05, 4.69) is 23.9 Å². The Kier molecular flexibility index (Phi) is 7.36.